The molecule has 0 amide bonds. The Morgan fingerprint density at radius 2 is 2.16 bits per heavy atom. The third-order valence-corrected chi connectivity index (χ3v) is 3.47. The van der Waals surface area contributed by atoms with Gasteiger partial charge in [0.15, 0.2) is 0 Å². The first-order valence-corrected chi connectivity index (χ1v) is 7.05. The second-order valence-electron chi connectivity index (χ2n) is 4.56. The number of methoxy groups -OCH3 is 1. The maximum Gasteiger partial charge on any atom is 0.303 e. The molecule has 0 heterocycles. The molecule has 1 aromatic carbocycles. The molecule has 1 rings (SSSR count). The van der Waals surface area contributed by atoms with Crippen molar-refractivity contribution in [3.63, 3.8) is 0 Å². The van der Waals surface area contributed by atoms with Crippen molar-refractivity contribution >= 4 is 21.9 Å². The van der Waals surface area contributed by atoms with Gasteiger partial charge in [-0.2, -0.15) is 0 Å². The number of benzene rings is 1. The first-order valence-electron chi connectivity index (χ1n) is 6.25. The second kappa shape index (κ2) is 8.17. The van der Waals surface area contributed by atoms with Gasteiger partial charge < -0.3 is 14.7 Å². The lowest BCUT2D eigenvalue weighted by Crippen LogP contribution is -2.19. The summed E-state index contributed by atoms with van der Waals surface area (Å²) in [7, 11) is 3.69. The molecule has 0 fully saturated rings. The summed E-state index contributed by atoms with van der Waals surface area (Å²) in [6.07, 6.45) is 1.88. The summed E-state index contributed by atoms with van der Waals surface area (Å²) in [6.45, 7) is 1.74. The van der Waals surface area contributed by atoms with Crippen LogP contribution in [-0.2, 0) is 11.3 Å². The Morgan fingerprint density at radius 1 is 1.42 bits per heavy atom. The summed E-state index contributed by atoms with van der Waals surface area (Å²) in [5, 5.41) is 8.56. The fraction of sp³-hybridized carbons (Fsp3) is 0.500. The van der Waals surface area contributed by atoms with E-state index in [1.807, 2.05) is 25.2 Å². The normalized spacial score (nSPS) is 10.7. The Morgan fingerprint density at radius 3 is 2.74 bits per heavy atom. The molecule has 0 aliphatic heterocycles. The first kappa shape index (κ1) is 16.0. The second-order valence-corrected chi connectivity index (χ2v) is 5.41. The van der Waals surface area contributed by atoms with Crippen LogP contribution in [0.4, 0.5) is 0 Å². The molecule has 0 radical (unpaired) electrons. The van der Waals surface area contributed by atoms with Gasteiger partial charge in [-0.1, -0.05) is 6.07 Å². The van der Waals surface area contributed by atoms with E-state index in [2.05, 4.69) is 20.8 Å². The smallest absolute Gasteiger partial charge is 0.303 e. The molecular weight excluding hydrogens is 310 g/mol. The zero-order chi connectivity index (χ0) is 14.3. The minimum atomic E-state index is -0.721. The Labute approximate surface area is 122 Å². The number of hydrogen-bond acceptors (Lipinski definition) is 3. The minimum Gasteiger partial charge on any atom is -0.496 e. The van der Waals surface area contributed by atoms with Crippen molar-refractivity contribution in [2.24, 2.45) is 0 Å². The van der Waals surface area contributed by atoms with Crippen molar-refractivity contribution in [3.8, 4) is 5.75 Å². The van der Waals surface area contributed by atoms with Crippen molar-refractivity contribution in [1.82, 2.24) is 4.90 Å². The molecule has 106 valence electrons. The molecule has 5 heteroatoms. The van der Waals surface area contributed by atoms with Crippen molar-refractivity contribution in [1.29, 1.82) is 0 Å². The Bertz CT molecular complexity index is 423. The largest absolute Gasteiger partial charge is 0.496 e. The average molecular weight is 330 g/mol. The SMILES string of the molecule is COc1ccc(CN(C)CCCCC(=O)O)cc1Br. The molecule has 0 spiro atoms. The molecule has 0 aliphatic rings. The highest BCUT2D eigenvalue weighted by Crippen LogP contribution is 2.25. The van der Waals surface area contributed by atoms with Crippen LogP contribution < -0.4 is 4.74 Å². The summed E-state index contributed by atoms with van der Waals surface area (Å²) < 4.78 is 6.14. The van der Waals surface area contributed by atoms with Crippen molar-refractivity contribution in [2.45, 2.75) is 25.8 Å². The molecule has 0 unspecified atom stereocenters. The number of aliphatic carboxylic acids is 1. The van der Waals surface area contributed by atoms with E-state index in [1.54, 1.807) is 7.11 Å². The number of hydrogen-bond donors (Lipinski definition) is 1. The molecule has 0 bridgehead atoms. The van der Waals surface area contributed by atoms with Gasteiger partial charge in [0.25, 0.3) is 0 Å². The van der Waals surface area contributed by atoms with Gasteiger partial charge in [0.1, 0.15) is 5.75 Å². The van der Waals surface area contributed by atoms with Gasteiger partial charge in [0, 0.05) is 13.0 Å². The van der Waals surface area contributed by atoms with Crippen LogP contribution in [0.25, 0.3) is 0 Å². The van der Waals surface area contributed by atoms with E-state index in [0.717, 1.165) is 36.2 Å². The fourth-order valence-corrected chi connectivity index (χ4v) is 2.44. The van der Waals surface area contributed by atoms with E-state index in [-0.39, 0.29) is 6.42 Å². The first-order chi connectivity index (χ1) is 9.02. The lowest BCUT2D eigenvalue weighted by Gasteiger charge is -2.17. The van der Waals surface area contributed by atoms with Crippen LogP contribution in [0, 0.1) is 0 Å². The molecule has 1 N–H and O–H groups in total. The summed E-state index contributed by atoms with van der Waals surface area (Å²) in [5.41, 5.74) is 1.20. The van der Waals surface area contributed by atoms with Gasteiger partial charge in [0.05, 0.1) is 11.6 Å². The maximum absolute atomic E-state index is 10.4. The fourth-order valence-electron chi connectivity index (χ4n) is 1.86. The highest BCUT2D eigenvalue weighted by molar-refractivity contribution is 9.10. The highest BCUT2D eigenvalue weighted by Gasteiger charge is 2.05. The Balaban J connectivity index is 2.37. The van der Waals surface area contributed by atoms with E-state index >= 15 is 0 Å². The van der Waals surface area contributed by atoms with Crippen LogP contribution >= 0.6 is 15.9 Å². The molecule has 19 heavy (non-hydrogen) atoms. The minimum absolute atomic E-state index is 0.252. The molecule has 0 atom stereocenters. The van der Waals surface area contributed by atoms with E-state index in [0.29, 0.717) is 0 Å². The van der Waals surface area contributed by atoms with Crippen LogP contribution in [0.2, 0.25) is 0 Å². The molecule has 0 saturated heterocycles. The molecule has 4 nitrogen and oxygen atoms in total. The van der Waals surface area contributed by atoms with Crippen LogP contribution in [0.5, 0.6) is 5.75 Å². The summed E-state index contributed by atoms with van der Waals surface area (Å²) in [4.78, 5) is 12.6. The zero-order valence-corrected chi connectivity index (χ0v) is 12.9. The van der Waals surface area contributed by atoms with Crippen molar-refractivity contribution < 1.29 is 14.6 Å². The standard InChI is InChI=1S/C14H20BrNO3/c1-16(8-4-3-5-14(17)18)10-11-6-7-13(19-2)12(15)9-11/h6-7,9H,3-5,8,10H2,1-2H3,(H,17,18). The van der Waals surface area contributed by atoms with Crippen molar-refractivity contribution in [3.05, 3.63) is 28.2 Å². The van der Waals surface area contributed by atoms with Crippen LogP contribution in [0.15, 0.2) is 22.7 Å². The van der Waals surface area contributed by atoms with E-state index in [9.17, 15) is 4.79 Å². The van der Waals surface area contributed by atoms with Gasteiger partial charge >= 0.3 is 5.97 Å². The number of carbonyl (C=O) groups is 1. The number of unbranched alkanes of at least 4 members (excludes halogenated alkanes) is 1. The zero-order valence-electron chi connectivity index (χ0n) is 11.4. The number of halogens is 1. The number of nitrogens with zero attached hydrogens (tertiary/aromatic N) is 1. The van der Waals surface area contributed by atoms with Gasteiger partial charge in [-0.25, -0.2) is 0 Å². The molecular formula is C14H20BrNO3. The number of rotatable bonds is 8. The topological polar surface area (TPSA) is 49.8 Å². The lowest BCUT2D eigenvalue weighted by molar-refractivity contribution is -0.137. The van der Waals surface area contributed by atoms with Gasteiger partial charge in [0.2, 0.25) is 0 Å². The average Bonchev–Trinajstić information content (AvgIpc) is 2.35. The summed E-state index contributed by atoms with van der Waals surface area (Å²) in [5.74, 6) is 0.106. The third-order valence-electron chi connectivity index (χ3n) is 2.85. The third kappa shape index (κ3) is 6.07. The van der Waals surface area contributed by atoms with Gasteiger partial charge in [-0.05, 0) is 60.1 Å². The Kier molecular flexibility index (Phi) is 6.87. The number of ether oxygens (including phenoxy) is 1. The molecule has 0 aromatic heterocycles. The predicted octanol–water partition coefficient (Wildman–Crippen LogP) is 3.14. The van der Waals surface area contributed by atoms with Gasteiger partial charge in [-0.15, -0.1) is 0 Å². The highest BCUT2D eigenvalue weighted by atomic mass is 79.9. The number of carboxylic acids is 1. The molecule has 0 aliphatic carbocycles. The van der Waals surface area contributed by atoms with E-state index in [1.165, 1.54) is 5.56 Å². The monoisotopic (exact) mass is 329 g/mol. The lowest BCUT2D eigenvalue weighted by atomic mass is 10.2. The van der Waals surface area contributed by atoms with Crippen LogP contribution in [0.3, 0.4) is 0 Å². The summed E-state index contributed by atoms with van der Waals surface area (Å²) >= 11 is 3.47. The predicted molar refractivity (Wildman–Crippen MR) is 78.5 cm³/mol. The van der Waals surface area contributed by atoms with E-state index in [4.69, 9.17) is 9.84 Å². The van der Waals surface area contributed by atoms with Crippen LogP contribution in [0.1, 0.15) is 24.8 Å². The van der Waals surface area contributed by atoms with Crippen LogP contribution in [-0.4, -0.2) is 36.7 Å². The summed E-state index contributed by atoms with van der Waals surface area (Å²) in [6, 6.07) is 6.03. The van der Waals surface area contributed by atoms with E-state index < -0.39 is 5.97 Å². The quantitative estimate of drug-likeness (QED) is 0.744. The molecule has 1 aromatic rings. The number of carboxylic acid groups (broad SMARTS) is 1. The van der Waals surface area contributed by atoms with Crippen molar-refractivity contribution in [2.75, 3.05) is 20.7 Å². The molecule has 0 saturated carbocycles. The van der Waals surface area contributed by atoms with Gasteiger partial charge in [-0.3, -0.25) is 4.79 Å². The Hall–Kier alpha value is -1.07. The maximum atomic E-state index is 10.4.